The largest absolute Gasteiger partial charge is 0.247 e. The van der Waals surface area contributed by atoms with Gasteiger partial charge in [-0.1, -0.05) is 22.4 Å². The van der Waals surface area contributed by atoms with E-state index in [0.29, 0.717) is 0 Å². The molecule has 14 heavy (non-hydrogen) atoms. The van der Waals surface area contributed by atoms with Crippen molar-refractivity contribution in [2.24, 2.45) is 5.92 Å². The minimum atomic E-state index is 0.752. The van der Waals surface area contributed by atoms with Crippen molar-refractivity contribution in [3.63, 3.8) is 0 Å². The molecule has 1 nitrogen and oxygen atoms in total. The standard InChI is InChI=1S/C11H16BrNS/c1-8-7-14-11(13-8)6-9-3-2-4-10(12)5-9/h7,9-10H,2-6H2,1H3. The molecule has 2 rings (SSSR count). The van der Waals surface area contributed by atoms with Crippen LogP contribution in [0.5, 0.6) is 0 Å². The summed E-state index contributed by atoms with van der Waals surface area (Å²) in [6.07, 6.45) is 6.65. The van der Waals surface area contributed by atoms with Gasteiger partial charge in [0.25, 0.3) is 0 Å². The Morgan fingerprint density at radius 1 is 1.57 bits per heavy atom. The molecule has 0 N–H and O–H groups in total. The second-order valence-electron chi connectivity index (χ2n) is 4.22. The summed E-state index contributed by atoms with van der Waals surface area (Å²) in [7, 11) is 0. The fraction of sp³-hybridized carbons (Fsp3) is 0.727. The minimum Gasteiger partial charge on any atom is -0.247 e. The summed E-state index contributed by atoms with van der Waals surface area (Å²) in [5.41, 5.74) is 1.18. The monoisotopic (exact) mass is 273 g/mol. The molecule has 78 valence electrons. The number of nitrogens with zero attached hydrogens (tertiary/aromatic N) is 1. The van der Waals surface area contributed by atoms with Crippen LogP contribution in [0, 0.1) is 12.8 Å². The molecule has 1 aromatic rings. The lowest BCUT2D eigenvalue weighted by Gasteiger charge is -2.24. The quantitative estimate of drug-likeness (QED) is 0.744. The number of aryl methyl sites for hydroxylation is 1. The van der Waals surface area contributed by atoms with Crippen LogP contribution in [0.1, 0.15) is 36.4 Å². The lowest BCUT2D eigenvalue weighted by molar-refractivity contribution is 0.367. The highest BCUT2D eigenvalue weighted by atomic mass is 79.9. The zero-order valence-electron chi connectivity index (χ0n) is 8.50. The van der Waals surface area contributed by atoms with E-state index in [1.807, 2.05) is 11.3 Å². The van der Waals surface area contributed by atoms with E-state index in [1.54, 1.807) is 0 Å². The second-order valence-corrected chi connectivity index (χ2v) is 6.45. The highest BCUT2D eigenvalue weighted by Crippen LogP contribution is 2.31. The molecule has 1 aromatic heterocycles. The van der Waals surface area contributed by atoms with Crippen molar-refractivity contribution < 1.29 is 0 Å². The van der Waals surface area contributed by atoms with Gasteiger partial charge in [-0.15, -0.1) is 11.3 Å². The van der Waals surface area contributed by atoms with Crippen molar-refractivity contribution in [1.82, 2.24) is 4.98 Å². The van der Waals surface area contributed by atoms with Gasteiger partial charge in [-0.3, -0.25) is 0 Å². The van der Waals surface area contributed by atoms with Gasteiger partial charge >= 0.3 is 0 Å². The van der Waals surface area contributed by atoms with Gasteiger partial charge < -0.3 is 0 Å². The maximum atomic E-state index is 4.53. The molecule has 0 saturated heterocycles. The number of hydrogen-bond donors (Lipinski definition) is 0. The molecule has 3 heteroatoms. The van der Waals surface area contributed by atoms with Crippen molar-refractivity contribution in [1.29, 1.82) is 0 Å². The molecule has 1 aliphatic rings. The summed E-state index contributed by atoms with van der Waals surface area (Å²) in [6.45, 7) is 2.08. The van der Waals surface area contributed by atoms with Crippen LogP contribution in [0.4, 0.5) is 0 Å². The molecule has 0 aromatic carbocycles. The summed E-state index contributed by atoms with van der Waals surface area (Å²) in [6, 6.07) is 0. The summed E-state index contributed by atoms with van der Waals surface area (Å²) < 4.78 is 0. The number of rotatable bonds is 2. The Bertz CT molecular complexity index is 297. The average Bonchev–Trinajstić information content (AvgIpc) is 2.51. The summed E-state index contributed by atoms with van der Waals surface area (Å²) >= 11 is 5.55. The highest BCUT2D eigenvalue weighted by Gasteiger charge is 2.20. The van der Waals surface area contributed by atoms with Gasteiger partial charge in [-0.05, 0) is 32.1 Å². The molecule has 2 unspecified atom stereocenters. The predicted molar refractivity (Wildman–Crippen MR) is 65.2 cm³/mol. The van der Waals surface area contributed by atoms with Crippen molar-refractivity contribution in [3.8, 4) is 0 Å². The Kier molecular flexibility index (Phi) is 3.61. The third kappa shape index (κ3) is 2.80. The Balaban J connectivity index is 1.90. The van der Waals surface area contributed by atoms with Gasteiger partial charge in [0, 0.05) is 22.3 Å². The van der Waals surface area contributed by atoms with E-state index in [0.717, 1.165) is 10.7 Å². The smallest absolute Gasteiger partial charge is 0.0930 e. The third-order valence-corrected chi connectivity index (χ3v) is 4.67. The first-order valence-electron chi connectivity index (χ1n) is 5.29. The van der Waals surface area contributed by atoms with Crippen LogP contribution in [-0.2, 0) is 6.42 Å². The van der Waals surface area contributed by atoms with Gasteiger partial charge in [0.1, 0.15) is 0 Å². The zero-order chi connectivity index (χ0) is 9.97. The van der Waals surface area contributed by atoms with Gasteiger partial charge in [0.2, 0.25) is 0 Å². The maximum absolute atomic E-state index is 4.53. The molecule has 0 amide bonds. The number of thiazole rings is 1. The van der Waals surface area contributed by atoms with Crippen molar-refractivity contribution >= 4 is 27.3 Å². The van der Waals surface area contributed by atoms with Gasteiger partial charge in [0.15, 0.2) is 0 Å². The average molecular weight is 274 g/mol. The zero-order valence-corrected chi connectivity index (χ0v) is 10.9. The topological polar surface area (TPSA) is 12.9 Å². The normalized spacial score (nSPS) is 27.9. The second kappa shape index (κ2) is 4.75. The van der Waals surface area contributed by atoms with E-state index in [1.165, 1.54) is 42.8 Å². The number of halogens is 1. The van der Waals surface area contributed by atoms with Crippen LogP contribution in [0.2, 0.25) is 0 Å². The molecule has 1 aliphatic carbocycles. The van der Waals surface area contributed by atoms with Gasteiger partial charge in [-0.25, -0.2) is 4.98 Å². The molecule has 0 spiro atoms. The van der Waals surface area contributed by atoms with Gasteiger partial charge in [0.05, 0.1) is 5.01 Å². The Labute approximate surface area is 98.1 Å². The molecule has 0 bridgehead atoms. The van der Waals surface area contributed by atoms with Crippen LogP contribution in [0.3, 0.4) is 0 Å². The Morgan fingerprint density at radius 3 is 3.07 bits per heavy atom. The molecule has 2 atom stereocenters. The van der Waals surface area contributed by atoms with E-state index >= 15 is 0 Å². The van der Waals surface area contributed by atoms with E-state index in [4.69, 9.17) is 0 Å². The van der Waals surface area contributed by atoms with E-state index < -0.39 is 0 Å². The number of aromatic nitrogens is 1. The summed E-state index contributed by atoms with van der Waals surface area (Å²) in [5, 5.41) is 3.48. The molecular weight excluding hydrogens is 258 g/mol. The van der Waals surface area contributed by atoms with Crippen LogP contribution in [-0.4, -0.2) is 9.81 Å². The maximum Gasteiger partial charge on any atom is 0.0930 e. The first-order valence-corrected chi connectivity index (χ1v) is 7.08. The lowest BCUT2D eigenvalue weighted by Crippen LogP contribution is -2.16. The van der Waals surface area contributed by atoms with Crippen molar-refractivity contribution in [2.75, 3.05) is 0 Å². The Morgan fingerprint density at radius 2 is 2.43 bits per heavy atom. The molecule has 1 saturated carbocycles. The fourth-order valence-corrected chi connectivity index (χ4v) is 3.89. The summed E-state index contributed by atoms with van der Waals surface area (Å²) in [4.78, 5) is 5.29. The van der Waals surface area contributed by atoms with Crippen molar-refractivity contribution in [3.05, 3.63) is 16.1 Å². The van der Waals surface area contributed by atoms with Crippen LogP contribution in [0.25, 0.3) is 0 Å². The van der Waals surface area contributed by atoms with Gasteiger partial charge in [-0.2, -0.15) is 0 Å². The van der Waals surface area contributed by atoms with Crippen LogP contribution in [0.15, 0.2) is 5.38 Å². The minimum absolute atomic E-state index is 0.752. The van der Waals surface area contributed by atoms with Crippen LogP contribution >= 0.6 is 27.3 Å². The SMILES string of the molecule is Cc1csc(CC2CCCC(Br)C2)n1. The fourth-order valence-electron chi connectivity index (χ4n) is 2.15. The molecular formula is C11H16BrNS. The first kappa shape index (κ1) is 10.6. The third-order valence-electron chi connectivity index (χ3n) is 2.85. The predicted octanol–water partition coefficient (Wildman–Crippen LogP) is 3.95. The molecule has 1 fully saturated rings. The van der Waals surface area contributed by atoms with Crippen molar-refractivity contribution in [2.45, 2.75) is 43.9 Å². The molecule has 0 aliphatic heterocycles. The molecule has 1 heterocycles. The number of alkyl halides is 1. The first-order chi connectivity index (χ1) is 6.74. The van der Waals surface area contributed by atoms with E-state index in [2.05, 4.69) is 33.2 Å². The lowest BCUT2D eigenvalue weighted by atomic mass is 9.87. The van der Waals surface area contributed by atoms with E-state index in [9.17, 15) is 0 Å². The molecule has 0 radical (unpaired) electrons. The highest BCUT2D eigenvalue weighted by molar-refractivity contribution is 9.09. The summed E-state index contributed by atoms with van der Waals surface area (Å²) in [5.74, 6) is 0.860. The van der Waals surface area contributed by atoms with E-state index in [-0.39, 0.29) is 0 Å². The van der Waals surface area contributed by atoms with Crippen LogP contribution < -0.4 is 0 Å². The Hall–Kier alpha value is 0.110. The number of hydrogen-bond acceptors (Lipinski definition) is 2.